The summed E-state index contributed by atoms with van der Waals surface area (Å²) in [5.74, 6) is 0. The standard InChI is InChI=1S/C8H12IN3.ClH/c9-7-4-11-12(6-7)8-2-1-3-10-5-8;/h4,6,8,10H,1-3,5H2;1H. The first-order valence-corrected chi connectivity index (χ1v) is 5.34. The van der Waals surface area contributed by atoms with Crippen LogP contribution in [-0.4, -0.2) is 22.9 Å². The molecular weight excluding hydrogens is 300 g/mol. The zero-order valence-electron chi connectivity index (χ0n) is 7.24. The molecule has 1 aliphatic rings. The number of hydrogen-bond acceptors (Lipinski definition) is 2. The molecule has 1 aliphatic heterocycles. The summed E-state index contributed by atoms with van der Waals surface area (Å²) in [7, 11) is 0. The van der Waals surface area contributed by atoms with Crippen molar-refractivity contribution in [3.63, 3.8) is 0 Å². The molecule has 0 aromatic carbocycles. The quantitative estimate of drug-likeness (QED) is 0.802. The summed E-state index contributed by atoms with van der Waals surface area (Å²) in [4.78, 5) is 0. The highest BCUT2D eigenvalue weighted by Crippen LogP contribution is 2.16. The lowest BCUT2D eigenvalue weighted by atomic mass is 10.1. The van der Waals surface area contributed by atoms with Gasteiger partial charge >= 0.3 is 0 Å². The number of hydrogen-bond donors (Lipinski definition) is 1. The zero-order chi connectivity index (χ0) is 8.39. The molecule has 74 valence electrons. The van der Waals surface area contributed by atoms with Gasteiger partial charge in [0.05, 0.1) is 15.8 Å². The van der Waals surface area contributed by atoms with Gasteiger partial charge in [0.1, 0.15) is 0 Å². The van der Waals surface area contributed by atoms with Crippen molar-refractivity contribution in [3.05, 3.63) is 16.0 Å². The minimum Gasteiger partial charge on any atom is -0.315 e. The Morgan fingerprint density at radius 1 is 1.62 bits per heavy atom. The molecular formula is C8H13ClIN3. The van der Waals surface area contributed by atoms with Crippen LogP contribution < -0.4 is 5.32 Å². The van der Waals surface area contributed by atoms with E-state index in [2.05, 4.69) is 43.9 Å². The van der Waals surface area contributed by atoms with E-state index in [1.165, 1.54) is 16.4 Å². The van der Waals surface area contributed by atoms with Crippen molar-refractivity contribution in [1.82, 2.24) is 15.1 Å². The van der Waals surface area contributed by atoms with E-state index in [0.29, 0.717) is 6.04 Å². The molecule has 1 N–H and O–H groups in total. The third kappa shape index (κ3) is 2.82. The van der Waals surface area contributed by atoms with E-state index in [0.717, 1.165) is 13.1 Å². The molecule has 1 saturated heterocycles. The lowest BCUT2D eigenvalue weighted by Gasteiger charge is -2.22. The normalized spacial score (nSPS) is 22.4. The van der Waals surface area contributed by atoms with Crippen LogP contribution in [0.1, 0.15) is 18.9 Å². The largest absolute Gasteiger partial charge is 0.315 e. The van der Waals surface area contributed by atoms with Gasteiger partial charge in [-0.25, -0.2) is 0 Å². The molecule has 0 bridgehead atoms. The molecule has 1 atom stereocenters. The number of rotatable bonds is 1. The van der Waals surface area contributed by atoms with Crippen molar-refractivity contribution in [2.75, 3.05) is 13.1 Å². The van der Waals surface area contributed by atoms with Gasteiger partial charge in [0.2, 0.25) is 0 Å². The van der Waals surface area contributed by atoms with Gasteiger partial charge in [0.25, 0.3) is 0 Å². The van der Waals surface area contributed by atoms with Crippen LogP contribution in [0.25, 0.3) is 0 Å². The molecule has 1 aromatic rings. The van der Waals surface area contributed by atoms with Gasteiger partial charge in [-0.1, -0.05) is 0 Å². The van der Waals surface area contributed by atoms with Gasteiger partial charge in [-0.3, -0.25) is 4.68 Å². The average molecular weight is 314 g/mol. The van der Waals surface area contributed by atoms with E-state index >= 15 is 0 Å². The Morgan fingerprint density at radius 2 is 2.46 bits per heavy atom. The Balaban J connectivity index is 0.000000845. The molecule has 0 spiro atoms. The second kappa shape index (κ2) is 5.17. The van der Waals surface area contributed by atoms with E-state index in [1.54, 1.807) is 0 Å². The molecule has 2 heterocycles. The minimum absolute atomic E-state index is 0. The smallest absolute Gasteiger partial charge is 0.0644 e. The summed E-state index contributed by atoms with van der Waals surface area (Å²) in [6.45, 7) is 2.23. The Kier molecular flexibility index (Phi) is 4.48. The molecule has 0 amide bonds. The van der Waals surface area contributed by atoms with Gasteiger partial charge in [-0.2, -0.15) is 5.10 Å². The Bertz CT molecular complexity index is 258. The highest BCUT2D eigenvalue weighted by molar-refractivity contribution is 14.1. The first-order valence-electron chi connectivity index (χ1n) is 4.26. The molecule has 5 heteroatoms. The molecule has 0 saturated carbocycles. The van der Waals surface area contributed by atoms with Crippen molar-refractivity contribution < 1.29 is 0 Å². The van der Waals surface area contributed by atoms with Gasteiger partial charge in [-0.05, 0) is 42.0 Å². The number of piperidine rings is 1. The van der Waals surface area contributed by atoms with Crippen molar-refractivity contribution in [2.24, 2.45) is 0 Å². The van der Waals surface area contributed by atoms with E-state index in [4.69, 9.17) is 0 Å². The maximum absolute atomic E-state index is 4.31. The fourth-order valence-electron chi connectivity index (χ4n) is 1.57. The van der Waals surface area contributed by atoms with Crippen LogP contribution >= 0.6 is 35.0 Å². The summed E-state index contributed by atoms with van der Waals surface area (Å²) >= 11 is 2.29. The van der Waals surface area contributed by atoms with Crippen LogP contribution in [0, 0.1) is 3.57 Å². The molecule has 0 radical (unpaired) electrons. The van der Waals surface area contributed by atoms with E-state index < -0.39 is 0 Å². The van der Waals surface area contributed by atoms with E-state index in [1.807, 2.05) is 6.20 Å². The summed E-state index contributed by atoms with van der Waals surface area (Å²) in [6.07, 6.45) is 6.54. The molecule has 13 heavy (non-hydrogen) atoms. The highest BCUT2D eigenvalue weighted by Gasteiger charge is 2.14. The van der Waals surface area contributed by atoms with Crippen LogP contribution in [0.3, 0.4) is 0 Å². The maximum atomic E-state index is 4.31. The maximum Gasteiger partial charge on any atom is 0.0644 e. The second-order valence-electron chi connectivity index (χ2n) is 3.14. The van der Waals surface area contributed by atoms with Crippen LogP contribution in [-0.2, 0) is 0 Å². The minimum atomic E-state index is 0. The van der Waals surface area contributed by atoms with Gasteiger partial charge < -0.3 is 5.32 Å². The third-order valence-electron chi connectivity index (χ3n) is 2.21. The van der Waals surface area contributed by atoms with Crippen molar-refractivity contribution in [2.45, 2.75) is 18.9 Å². The first-order chi connectivity index (χ1) is 5.86. The molecule has 1 fully saturated rings. The predicted octanol–water partition coefficient (Wildman–Crippen LogP) is 1.83. The zero-order valence-corrected chi connectivity index (χ0v) is 10.2. The lowest BCUT2D eigenvalue weighted by molar-refractivity contribution is 0.346. The molecule has 2 rings (SSSR count). The summed E-state index contributed by atoms with van der Waals surface area (Å²) in [6, 6.07) is 0.572. The molecule has 3 nitrogen and oxygen atoms in total. The van der Waals surface area contributed by atoms with Crippen molar-refractivity contribution in [3.8, 4) is 0 Å². The number of halogens is 2. The van der Waals surface area contributed by atoms with E-state index in [9.17, 15) is 0 Å². The summed E-state index contributed by atoms with van der Waals surface area (Å²) < 4.78 is 3.30. The Hall–Kier alpha value is 0.190. The molecule has 1 aromatic heterocycles. The SMILES string of the molecule is Cl.Ic1cnn(C2CCCNC2)c1. The summed E-state index contributed by atoms with van der Waals surface area (Å²) in [5.41, 5.74) is 0. The van der Waals surface area contributed by atoms with Crippen LogP contribution in [0.5, 0.6) is 0 Å². The van der Waals surface area contributed by atoms with Gasteiger partial charge in [-0.15, -0.1) is 12.4 Å². The van der Waals surface area contributed by atoms with Crippen LogP contribution in [0.2, 0.25) is 0 Å². The first kappa shape index (κ1) is 11.3. The topological polar surface area (TPSA) is 29.9 Å². The van der Waals surface area contributed by atoms with E-state index in [-0.39, 0.29) is 12.4 Å². The molecule has 1 unspecified atom stereocenters. The Morgan fingerprint density at radius 3 is 3.00 bits per heavy atom. The predicted molar refractivity (Wildman–Crippen MR) is 63.3 cm³/mol. The molecule has 0 aliphatic carbocycles. The summed E-state index contributed by atoms with van der Waals surface area (Å²) in [5, 5.41) is 7.69. The average Bonchev–Trinajstić information content (AvgIpc) is 2.54. The Labute approximate surface area is 97.8 Å². The van der Waals surface area contributed by atoms with Crippen molar-refractivity contribution >= 4 is 35.0 Å². The highest BCUT2D eigenvalue weighted by atomic mass is 127. The van der Waals surface area contributed by atoms with Gasteiger partial charge in [0.15, 0.2) is 0 Å². The second-order valence-corrected chi connectivity index (χ2v) is 4.38. The fraction of sp³-hybridized carbons (Fsp3) is 0.625. The monoisotopic (exact) mass is 313 g/mol. The van der Waals surface area contributed by atoms with Crippen molar-refractivity contribution in [1.29, 1.82) is 0 Å². The number of nitrogens with zero attached hydrogens (tertiary/aromatic N) is 2. The third-order valence-corrected chi connectivity index (χ3v) is 2.77. The number of nitrogens with one attached hydrogen (secondary N) is 1. The number of aromatic nitrogens is 2. The van der Waals surface area contributed by atoms with Crippen LogP contribution in [0.4, 0.5) is 0 Å². The lowest BCUT2D eigenvalue weighted by Crippen LogP contribution is -2.31. The fourth-order valence-corrected chi connectivity index (χ4v) is 1.98. The van der Waals surface area contributed by atoms with Crippen LogP contribution in [0.15, 0.2) is 12.4 Å². The van der Waals surface area contributed by atoms with Gasteiger partial charge in [0, 0.05) is 12.7 Å².